The molecule has 0 spiro atoms. The van der Waals surface area contributed by atoms with Gasteiger partial charge >= 0.3 is 0 Å². The zero-order valence-electron chi connectivity index (χ0n) is 16.8. The molecule has 0 aliphatic carbocycles. The van der Waals surface area contributed by atoms with E-state index in [4.69, 9.17) is 0 Å². The highest BCUT2D eigenvalue weighted by Crippen LogP contribution is 2.25. The van der Waals surface area contributed by atoms with Gasteiger partial charge in [-0.1, -0.05) is 61.5 Å². The largest absolute Gasteiger partial charge is 0.325 e. The van der Waals surface area contributed by atoms with Crippen LogP contribution in [0.3, 0.4) is 0 Å². The van der Waals surface area contributed by atoms with E-state index in [0.29, 0.717) is 0 Å². The first kappa shape index (κ1) is 20.1. The van der Waals surface area contributed by atoms with Gasteiger partial charge in [0.05, 0.1) is 5.75 Å². The van der Waals surface area contributed by atoms with Crippen LogP contribution in [0.15, 0.2) is 47.6 Å². The number of aryl methyl sites for hydroxylation is 4. The molecule has 0 unspecified atom stereocenters. The van der Waals surface area contributed by atoms with Crippen LogP contribution in [0, 0.1) is 13.8 Å². The molecule has 3 aromatic rings. The Labute approximate surface area is 170 Å². The summed E-state index contributed by atoms with van der Waals surface area (Å²) in [6, 6.07) is 14.4. The zero-order chi connectivity index (χ0) is 20.1. The molecule has 2 aromatic carbocycles. The van der Waals surface area contributed by atoms with Gasteiger partial charge in [-0.05, 0) is 49.9 Å². The minimum Gasteiger partial charge on any atom is -0.325 e. The first-order valence-corrected chi connectivity index (χ1v) is 10.5. The van der Waals surface area contributed by atoms with Crippen LogP contribution in [0.25, 0.3) is 5.69 Å². The van der Waals surface area contributed by atoms with Crippen LogP contribution >= 0.6 is 11.8 Å². The fourth-order valence-corrected chi connectivity index (χ4v) is 3.93. The number of carbonyl (C=O) groups is 1. The van der Waals surface area contributed by atoms with Gasteiger partial charge in [-0.2, -0.15) is 0 Å². The molecule has 6 heteroatoms. The van der Waals surface area contributed by atoms with Gasteiger partial charge in [0.25, 0.3) is 0 Å². The van der Waals surface area contributed by atoms with Gasteiger partial charge in [-0.25, -0.2) is 0 Å². The van der Waals surface area contributed by atoms with Crippen molar-refractivity contribution in [3.63, 3.8) is 0 Å². The Morgan fingerprint density at radius 1 is 1.00 bits per heavy atom. The van der Waals surface area contributed by atoms with E-state index in [-0.39, 0.29) is 11.7 Å². The van der Waals surface area contributed by atoms with E-state index in [2.05, 4.69) is 66.6 Å². The third kappa shape index (κ3) is 4.44. The summed E-state index contributed by atoms with van der Waals surface area (Å²) in [5, 5.41) is 12.3. The first-order valence-electron chi connectivity index (χ1n) is 9.56. The molecular weight excluding hydrogens is 368 g/mol. The maximum absolute atomic E-state index is 12.6. The standard InChI is InChI=1S/C22H26N4OS/c1-5-17-8-7-9-18(6-2)21(17)23-20(27)14-28-22-25-24-16(4)26(22)19-12-10-15(3)11-13-19/h7-13H,5-6,14H2,1-4H3,(H,23,27). The number of amides is 1. The maximum Gasteiger partial charge on any atom is 0.234 e. The average Bonchev–Trinajstić information content (AvgIpc) is 3.07. The highest BCUT2D eigenvalue weighted by Gasteiger charge is 2.15. The molecule has 0 saturated heterocycles. The van der Waals surface area contributed by atoms with Crippen LogP contribution in [0.5, 0.6) is 0 Å². The van der Waals surface area contributed by atoms with Crippen LogP contribution in [0.2, 0.25) is 0 Å². The van der Waals surface area contributed by atoms with Crippen LogP contribution in [-0.4, -0.2) is 26.4 Å². The van der Waals surface area contributed by atoms with E-state index >= 15 is 0 Å². The third-order valence-corrected chi connectivity index (χ3v) is 5.61. The number of benzene rings is 2. The van der Waals surface area contributed by atoms with Crippen LogP contribution < -0.4 is 5.32 Å². The van der Waals surface area contributed by atoms with Crippen LogP contribution in [-0.2, 0) is 17.6 Å². The Kier molecular flexibility index (Phi) is 6.52. The van der Waals surface area contributed by atoms with Crippen molar-refractivity contribution in [1.82, 2.24) is 14.8 Å². The molecular formula is C22H26N4OS. The molecule has 0 radical (unpaired) electrons. The maximum atomic E-state index is 12.6. The highest BCUT2D eigenvalue weighted by molar-refractivity contribution is 7.99. The molecule has 5 nitrogen and oxygen atoms in total. The zero-order valence-corrected chi connectivity index (χ0v) is 17.6. The normalized spacial score (nSPS) is 10.9. The number of para-hydroxylation sites is 1. The fourth-order valence-electron chi connectivity index (χ4n) is 3.14. The predicted molar refractivity (Wildman–Crippen MR) is 115 cm³/mol. The van der Waals surface area contributed by atoms with Crippen molar-refractivity contribution in [3.8, 4) is 5.69 Å². The minimum atomic E-state index is -0.0308. The van der Waals surface area contributed by atoms with Gasteiger partial charge in [0.1, 0.15) is 5.82 Å². The second kappa shape index (κ2) is 9.06. The Balaban J connectivity index is 1.74. The van der Waals surface area contributed by atoms with Crippen molar-refractivity contribution in [2.24, 2.45) is 0 Å². The van der Waals surface area contributed by atoms with Crippen molar-refractivity contribution in [3.05, 3.63) is 65.0 Å². The molecule has 28 heavy (non-hydrogen) atoms. The van der Waals surface area contributed by atoms with Crippen LogP contribution in [0.1, 0.15) is 36.4 Å². The quantitative estimate of drug-likeness (QED) is 0.588. The van der Waals surface area contributed by atoms with Crippen molar-refractivity contribution < 1.29 is 4.79 Å². The number of rotatable bonds is 7. The van der Waals surface area contributed by atoms with E-state index < -0.39 is 0 Å². The predicted octanol–water partition coefficient (Wildman–Crippen LogP) is 4.74. The minimum absolute atomic E-state index is 0.0308. The van der Waals surface area contributed by atoms with Gasteiger partial charge in [-0.15, -0.1) is 10.2 Å². The van der Waals surface area contributed by atoms with E-state index in [0.717, 1.165) is 46.3 Å². The molecule has 1 heterocycles. The monoisotopic (exact) mass is 394 g/mol. The van der Waals surface area contributed by atoms with Crippen LogP contribution in [0.4, 0.5) is 5.69 Å². The Bertz CT molecular complexity index is 941. The number of hydrogen-bond acceptors (Lipinski definition) is 4. The number of hydrogen-bond donors (Lipinski definition) is 1. The molecule has 0 aliphatic rings. The number of nitrogens with one attached hydrogen (secondary N) is 1. The van der Waals surface area contributed by atoms with E-state index in [1.54, 1.807) is 0 Å². The highest BCUT2D eigenvalue weighted by atomic mass is 32.2. The Morgan fingerprint density at radius 3 is 2.25 bits per heavy atom. The van der Waals surface area contributed by atoms with Crippen molar-refractivity contribution in [2.45, 2.75) is 45.7 Å². The molecule has 1 amide bonds. The average molecular weight is 395 g/mol. The van der Waals surface area contributed by atoms with Crippen molar-refractivity contribution in [2.75, 3.05) is 11.1 Å². The summed E-state index contributed by atoms with van der Waals surface area (Å²) < 4.78 is 1.98. The molecule has 3 rings (SSSR count). The lowest BCUT2D eigenvalue weighted by molar-refractivity contribution is -0.113. The number of thioether (sulfide) groups is 1. The SMILES string of the molecule is CCc1cccc(CC)c1NC(=O)CSc1nnc(C)n1-c1ccc(C)cc1. The summed E-state index contributed by atoms with van der Waals surface area (Å²) in [4.78, 5) is 12.6. The number of carbonyl (C=O) groups excluding carboxylic acids is 1. The molecule has 1 N–H and O–H groups in total. The molecule has 1 aromatic heterocycles. The summed E-state index contributed by atoms with van der Waals surface area (Å²) in [5.41, 5.74) is 5.48. The molecule has 0 aliphatic heterocycles. The van der Waals surface area contributed by atoms with Gasteiger partial charge in [0, 0.05) is 11.4 Å². The molecule has 0 atom stereocenters. The summed E-state index contributed by atoms with van der Waals surface area (Å²) in [6.07, 6.45) is 1.77. The lowest BCUT2D eigenvalue weighted by Crippen LogP contribution is -2.17. The van der Waals surface area contributed by atoms with Crippen molar-refractivity contribution >= 4 is 23.4 Å². The lowest BCUT2D eigenvalue weighted by atomic mass is 10.0. The van der Waals surface area contributed by atoms with E-state index in [9.17, 15) is 4.79 Å². The number of anilines is 1. The van der Waals surface area contributed by atoms with E-state index in [1.807, 2.05) is 23.6 Å². The second-order valence-corrected chi connectivity index (χ2v) is 7.64. The molecule has 0 saturated carbocycles. The van der Waals surface area contributed by atoms with Gasteiger partial charge in [0.2, 0.25) is 5.91 Å². The smallest absolute Gasteiger partial charge is 0.234 e. The fraction of sp³-hybridized carbons (Fsp3) is 0.318. The summed E-state index contributed by atoms with van der Waals surface area (Å²) in [5.74, 6) is 1.05. The Hall–Kier alpha value is -2.60. The van der Waals surface area contributed by atoms with Gasteiger partial charge < -0.3 is 5.32 Å². The van der Waals surface area contributed by atoms with Crippen molar-refractivity contribution in [1.29, 1.82) is 0 Å². The lowest BCUT2D eigenvalue weighted by Gasteiger charge is -2.14. The van der Waals surface area contributed by atoms with E-state index in [1.165, 1.54) is 17.3 Å². The molecule has 146 valence electrons. The van der Waals surface area contributed by atoms with Gasteiger partial charge in [-0.3, -0.25) is 9.36 Å². The van der Waals surface area contributed by atoms with Gasteiger partial charge in [0.15, 0.2) is 5.16 Å². The molecule has 0 bridgehead atoms. The molecule has 0 fully saturated rings. The summed E-state index contributed by atoms with van der Waals surface area (Å²) in [7, 11) is 0. The first-order chi connectivity index (χ1) is 13.5. The number of aromatic nitrogens is 3. The Morgan fingerprint density at radius 2 is 1.64 bits per heavy atom. The third-order valence-electron chi connectivity index (χ3n) is 4.68. The number of nitrogens with zero attached hydrogens (tertiary/aromatic N) is 3. The summed E-state index contributed by atoms with van der Waals surface area (Å²) in [6.45, 7) is 8.18. The summed E-state index contributed by atoms with van der Waals surface area (Å²) >= 11 is 1.40. The topological polar surface area (TPSA) is 59.8 Å². The second-order valence-electron chi connectivity index (χ2n) is 6.70.